The molecule has 3 N–H and O–H groups in total. The van der Waals surface area contributed by atoms with Gasteiger partial charge in [-0.05, 0) is 140 Å². The third-order valence-corrected chi connectivity index (χ3v) is 27.7. The number of anilines is 1. The second kappa shape index (κ2) is 41.1. The molecule has 2 amide bonds. The molecule has 0 unspecified atom stereocenters. The van der Waals surface area contributed by atoms with Gasteiger partial charge in [0.15, 0.2) is 0 Å². The van der Waals surface area contributed by atoms with Gasteiger partial charge in [-0.15, -0.1) is 0 Å². The summed E-state index contributed by atoms with van der Waals surface area (Å²) in [5, 5.41) is 35.3. The summed E-state index contributed by atoms with van der Waals surface area (Å²) >= 11 is 0. The molecule has 0 saturated heterocycles. The van der Waals surface area contributed by atoms with E-state index in [9.17, 15) is 14.0 Å². The zero-order valence-electron chi connectivity index (χ0n) is 58.8. The Morgan fingerprint density at radius 3 is 0.934 bits per heavy atom. The summed E-state index contributed by atoms with van der Waals surface area (Å²) in [6, 6.07) is 131. The zero-order valence-corrected chi connectivity index (χ0v) is 63.9. The Bertz CT molecular complexity index is 4020. The van der Waals surface area contributed by atoms with Gasteiger partial charge >= 0.3 is 6.09 Å². The first-order valence-corrected chi connectivity index (χ1v) is 41.0. The van der Waals surface area contributed by atoms with Crippen molar-refractivity contribution >= 4 is 113 Å². The van der Waals surface area contributed by atoms with Crippen molar-refractivity contribution in [3.05, 3.63) is 394 Å². The number of pyridine rings is 1. The molecule has 1 aliphatic carbocycles. The summed E-state index contributed by atoms with van der Waals surface area (Å²) in [6.07, 6.45) is 7.30. The van der Waals surface area contributed by atoms with E-state index in [-0.39, 0.29) is 44.1 Å². The number of hydrogen-bond acceptors (Lipinski definition) is 4. The summed E-state index contributed by atoms with van der Waals surface area (Å²) in [5.41, 5.74) is 2.13. The van der Waals surface area contributed by atoms with Crippen molar-refractivity contribution in [3.63, 3.8) is 0 Å². The average molecular weight is 1560 g/mol. The molecule has 12 aromatic carbocycles. The number of nitrogens with one attached hydrogen (secondary N) is 2. The Morgan fingerprint density at radius 1 is 0.377 bits per heavy atom. The zero-order chi connectivity index (χ0) is 72.0. The van der Waals surface area contributed by atoms with Crippen LogP contribution >= 0.6 is 31.7 Å². The van der Waals surface area contributed by atoms with Gasteiger partial charge in [-0.25, -0.2) is 14.2 Å². The first-order valence-electron chi connectivity index (χ1n) is 35.6. The SMILES string of the molecule is O=C(O)N[C@@H]1CCC[C@H](C(=O)Nc2cc(-c3cnn4c3CCCC4)c(F)cn2)C1.[Pd].c1ccc(P(c2ccccc2)c2ccccc2)cc1.c1ccc(P(c2ccccc2)c2ccccc2)cc1.c1ccc(P(c2ccccc2)c2ccccc2)cc1.c1ccc(P(c2ccccc2)c2ccccc2)cc1. The van der Waals surface area contributed by atoms with Crippen LogP contribution in [0.4, 0.5) is 15.0 Å². The third-order valence-electron chi connectivity index (χ3n) is 17.9. The van der Waals surface area contributed by atoms with Crippen LogP contribution in [-0.2, 0) is 38.2 Å². The largest absolute Gasteiger partial charge is 0.465 e. The fourth-order valence-corrected chi connectivity index (χ4v) is 22.3. The fourth-order valence-electron chi connectivity index (χ4n) is 13.0. The van der Waals surface area contributed by atoms with E-state index in [0.717, 1.165) is 56.1 Å². The maximum Gasteiger partial charge on any atom is 0.404 e. The molecule has 2 aromatic heterocycles. The summed E-state index contributed by atoms with van der Waals surface area (Å²) in [6.45, 7) is 0.832. The predicted molar refractivity (Wildman–Crippen MR) is 444 cm³/mol. The number of aryl methyl sites for hydroxylation is 1. The molecular weight excluding hydrogens is 1470 g/mol. The van der Waals surface area contributed by atoms with Crippen molar-refractivity contribution in [2.75, 3.05) is 5.32 Å². The van der Waals surface area contributed by atoms with Crippen LogP contribution < -0.4 is 74.3 Å². The molecule has 2 aliphatic rings. The van der Waals surface area contributed by atoms with Crippen LogP contribution in [0.1, 0.15) is 44.2 Å². The Labute approximate surface area is 642 Å². The van der Waals surface area contributed by atoms with Crippen LogP contribution in [0.3, 0.4) is 0 Å². The first kappa shape index (κ1) is 77.2. The van der Waals surface area contributed by atoms with Crippen LogP contribution in [0.2, 0.25) is 0 Å². The van der Waals surface area contributed by atoms with E-state index in [4.69, 9.17) is 5.11 Å². The van der Waals surface area contributed by atoms with E-state index in [1.165, 1.54) is 63.7 Å². The third kappa shape index (κ3) is 21.9. The molecule has 8 nitrogen and oxygen atoms in total. The van der Waals surface area contributed by atoms with Crippen molar-refractivity contribution in [2.24, 2.45) is 5.92 Å². The van der Waals surface area contributed by atoms with Gasteiger partial charge < -0.3 is 15.7 Å². The standard InChI is InChI=1S/C20H24FN5O3.4C18H15P.Pd/c21-16-11-22-18(9-14(16)15-10-23-26-7-2-1-6-17(15)26)25-19(27)12-4-3-5-13(8-12)24-20(28)29;4*1-4-10-16(11-5-1)19(17-12-6-2-7-13-17)18-14-8-3-9-15-18;/h9-13,24H,1-8H2,(H,28,29)(H,22,25,27);4*1-15H;/t12-,13+;;;;;/m0...../s1. The number of carboxylic acid groups (broad SMARTS) is 1. The molecule has 0 spiro atoms. The molecule has 106 heavy (non-hydrogen) atoms. The van der Waals surface area contributed by atoms with Crippen molar-refractivity contribution in [2.45, 2.75) is 57.5 Å². The smallest absolute Gasteiger partial charge is 0.404 e. The van der Waals surface area contributed by atoms with Crippen LogP contribution in [0, 0.1) is 11.7 Å². The second-order valence-electron chi connectivity index (χ2n) is 25.1. The number of carbonyl (C=O) groups excluding carboxylic acids is 1. The summed E-state index contributed by atoms with van der Waals surface area (Å²) in [5.74, 6) is -0.688. The number of benzene rings is 12. The van der Waals surface area contributed by atoms with Crippen molar-refractivity contribution in [1.82, 2.24) is 20.1 Å². The second-order valence-corrected chi connectivity index (χ2v) is 34.0. The van der Waals surface area contributed by atoms with Gasteiger partial charge in [0.2, 0.25) is 5.91 Å². The predicted octanol–water partition coefficient (Wildman–Crippen LogP) is 17.0. The topological polar surface area (TPSA) is 109 Å². The molecule has 14 aromatic rings. The van der Waals surface area contributed by atoms with E-state index >= 15 is 0 Å². The van der Waals surface area contributed by atoms with Crippen LogP contribution in [-0.4, -0.2) is 37.9 Å². The molecule has 0 bridgehead atoms. The van der Waals surface area contributed by atoms with E-state index in [1.807, 2.05) is 4.68 Å². The number of aromatic nitrogens is 3. The van der Waals surface area contributed by atoms with E-state index in [2.05, 4.69) is 385 Å². The van der Waals surface area contributed by atoms with Gasteiger partial charge in [0, 0.05) is 55.7 Å². The van der Waals surface area contributed by atoms with Gasteiger partial charge in [0.1, 0.15) is 11.6 Å². The maximum atomic E-state index is 14.5. The Balaban J connectivity index is 0.000000134. The van der Waals surface area contributed by atoms with Crippen LogP contribution in [0.15, 0.2) is 382 Å². The molecular formula is C92H84FN5O3P4Pd. The molecule has 2 atom stereocenters. The summed E-state index contributed by atoms with van der Waals surface area (Å²) < 4.78 is 16.4. The number of rotatable bonds is 16. The number of fused-ring (bicyclic) bond motifs is 1. The minimum Gasteiger partial charge on any atom is -0.465 e. The minimum absolute atomic E-state index is 0. The van der Waals surface area contributed by atoms with Crippen molar-refractivity contribution in [1.29, 1.82) is 0 Å². The van der Waals surface area contributed by atoms with E-state index < -0.39 is 43.6 Å². The average Bonchev–Trinajstić information content (AvgIpc) is 1.68. The number of carbonyl (C=O) groups is 2. The van der Waals surface area contributed by atoms with Crippen LogP contribution in [0.25, 0.3) is 11.1 Å². The molecule has 0 radical (unpaired) electrons. The molecule has 1 aliphatic heterocycles. The van der Waals surface area contributed by atoms with Gasteiger partial charge in [-0.2, -0.15) is 5.10 Å². The molecule has 14 heteroatoms. The summed E-state index contributed by atoms with van der Waals surface area (Å²) in [7, 11) is -1.78. The van der Waals surface area contributed by atoms with Gasteiger partial charge in [-0.1, -0.05) is 370 Å². The van der Waals surface area contributed by atoms with Crippen molar-refractivity contribution < 1.29 is 39.5 Å². The Hall–Kier alpha value is -9.95. The number of halogens is 1. The van der Waals surface area contributed by atoms with Crippen LogP contribution in [0.5, 0.6) is 0 Å². The summed E-state index contributed by atoms with van der Waals surface area (Å²) in [4.78, 5) is 27.6. The molecule has 3 heterocycles. The van der Waals surface area contributed by atoms with E-state index in [1.54, 1.807) is 12.3 Å². The minimum atomic E-state index is -1.08. The fraction of sp³-hybridized carbons (Fsp3) is 0.109. The van der Waals surface area contributed by atoms with Gasteiger partial charge in [0.25, 0.3) is 0 Å². The van der Waals surface area contributed by atoms with E-state index in [0.29, 0.717) is 18.4 Å². The first-order chi connectivity index (χ1) is 51.8. The normalized spacial score (nSPS) is 13.4. The maximum absolute atomic E-state index is 14.5. The quantitative estimate of drug-likeness (QED) is 0.0660. The Kier molecular flexibility index (Phi) is 29.9. The monoisotopic (exact) mass is 1560 g/mol. The van der Waals surface area contributed by atoms with Crippen molar-refractivity contribution in [3.8, 4) is 11.1 Å². The molecule has 532 valence electrons. The molecule has 1 fully saturated rings. The number of nitrogens with zero attached hydrogens (tertiary/aromatic N) is 3. The van der Waals surface area contributed by atoms with Gasteiger partial charge in [-0.3, -0.25) is 9.48 Å². The molecule has 16 rings (SSSR count). The molecule has 1 saturated carbocycles. The number of amides is 2. The Morgan fingerprint density at radius 2 is 0.660 bits per heavy atom. The van der Waals surface area contributed by atoms with Gasteiger partial charge in [0.05, 0.1) is 12.4 Å². The number of hydrogen-bond donors (Lipinski definition) is 3.